The molecule has 1 fully saturated rings. The van der Waals surface area contributed by atoms with Gasteiger partial charge in [-0.2, -0.15) is 0 Å². The lowest BCUT2D eigenvalue weighted by atomic mass is 10.0. The van der Waals surface area contributed by atoms with Gasteiger partial charge in [0, 0.05) is 37.4 Å². The van der Waals surface area contributed by atoms with Crippen molar-refractivity contribution in [1.29, 1.82) is 0 Å². The van der Waals surface area contributed by atoms with Gasteiger partial charge >= 0.3 is 0 Å². The minimum absolute atomic E-state index is 0.509. The van der Waals surface area contributed by atoms with Crippen molar-refractivity contribution >= 4 is 5.69 Å². The van der Waals surface area contributed by atoms with E-state index in [0.717, 1.165) is 49.7 Å². The SMILES string of the molecule is COc1ccc(NC2CCN(Cc3ccccc3)CC2)cc1OC. The van der Waals surface area contributed by atoms with Crippen molar-refractivity contribution in [3.05, 3.63) is 54.1 Å². The lowest BCUT2D eigenvalue weighted by molar-refractivity contribution is 0.211. The van der Waals surface area contributed by atoms with Gasteiger partial charge in [0.25, 0.3) is 0 Å². The van der Waals surface area contributed by atoms with Crippen LogP contribution >= 0.6 is 0 Å². The second kappa shape index (κ2) is 8.06. The zero-order chi connectivity index (χ0) is 16.8. The first-order valence-corrected chi connectivity index (χ1v) is 8.53. The average Bonchev–Trinajstić information content (AvgIpc) is 2.64. The second-order valence-corrected chi connectivity index (χ2v) is 6.25. The third-order valence-corrected chi connectivity index (χ3v) is 4.59. The molecule has 0 amide bonds. The predicted molar refractivity (Wildman–Crippen MR) is 97.9 cm³/mol. The van der Waals surface area contributed by atoms with Crippen molar-refractivity contribution in [2.45, 2.75) is 25.4 Å². The minimum atomic E-state index is 0.509. The van der Waals surface area contributed by atoms with E-state index in [1.807, 2.05) is 12.1 Å². The molecule has 0 aromatic heterocycles. The molecule has 0 radical (unpaired) electrons. The van der Waals surface area contributed by atoms with Crippen LogP contribution in [0.4, 0.5) is 5.69 Å². The van der Waals surface area contributed by atoms with Crippen LogP contribution in [0.3, 0.4) is 0 Å². The molecule has 4 heteroatoms. The standard InChI is InChI=1S/C20H26N2O2/c1-23-19-9-8-18(14-20(19)24-2)21-17-10-12-22(13-11-17)15-16-6-4-3-5-7-16/h3-9,14,17,21H,10-13,15H2,1-2H3. The summed E-state index contributed by atoms with van der Waals surface area (Å²) in [6.45, 7) is 3.30. The number of anilines is 1. The lowest BCUT2D eigenvalue weighted by Gasteiger charge is -2.33. The molecule has 3 rings (SSSR count). The second-order valence-electron chi connectivity index (χ2n) is 6.25. The smallest absolute Gasteiger partial charge is 0.162 e. The summed E-state index contributed by atoms with van der Waals surface area (Å²) in [5.74, 6) is 1.53. The average molecular weight is 326 g/mol. The molecule has 0 bridgehead atoms. The van der Waals surface area contributed by atoms with E-state index in [2.05, 4.69) is 46.6 Å². The first-order chi connectivity index (χ1) is 11.8. The molecule has 0 aliphatic carbocycles. The molecule has 0 saturated carbocycles. The van der Waals surface area contributed by atoms with E-state index >= 15 is 0 Å². The van der Waals surface area contributed by atoms with E-state index in [1.54, 1.807) is 14.2 Å². The van der Waals surface area contributed by atoms with E-state index in [4.69, 9.17) is 9.47 Å². The molecule has 2 aromatic carbocycles. The highest BCUT2D eigenvalue weighted by Gasteiger charge is 2.19. The molecule has 1 heterocycles. The fourth-order valence-corrected chi connectivity index (χ4v) is 3.24. The Labute approximate surface area is 144 Å². The van der Waals surface area contributed by atoms with Gasteiger partial charge in [-0.25, -0.2) is 0 Å². The topological polar surface area (TPSA) is 33.7 Å². The zero-order valence-corrected chi connectivity index (χ0v) is 14.5. The molecular weight excluding hydrogens is 300 g/mol. The number of methoxy groups -OCH3 is 2. The van der Waals surface area contributed by atoms with Crippen molar-refractivity contribution in [2.24, 2.45) is 0 Å². The Balaban J connectivity index is 1.52. The molecule has 1 aliphatic heterocycles. The first kappa shape index (κ1) is 16.7. The Morgan fingerprint density at radius 2 is 1.67 bits per heavy atom. The molecule has 1 aliphatic rings. The van der Waals surface area contributed by atoms with Crippen molar-refractivity contribution in [2.75, 3.05) is 32.6 Å². The third-order valence-electron chi connectivity index (χ3n) is 4.59. The van der Waals surface area contributed by atoms with Crippen LogP contribution in [0.25, 0.3) is 0 Å². The first-order valence-electron chi connectivity index (χ1n) is 8.53. The van der Waals surface area contributed by atoms with Crippen molar-refractivity contribution in [1.82, 2.24) is 4.90 Å². The fourth-order valence-electron chi connectivity index (χ4n) is 3.24. The van der Waals surface area contributed by atoms with Crippen LogP contribution in [0, 0.1) is 0 Å². The Hall–Kier alpha value is -2.20. The van der Waals surface area contributed by atoms with Crippen molar-refractivity contribution in [3.8, 4) is 11.5 Å². The van der Waals surface area contributed by atoms with Crippen LogP contribution in [0.5, 0.6) is 11.5 Å². The highest BCUT2D eigenvalue weighted by molar-refractivity contribution is 5.55. The molecule has 4 nitrogen and oxygen atoms in total. The number of hydrogen-bond acceptors (Lipinski definition) is 4. The molecule has 128 valence electrons. The fraction of sp³-hybridized carbons (Fsp3) is 0.400. The van der Waals surface area contributed by atoms with Crippen LogP contribution < -0.4 is 14.8 Å². The molecule has 0 spiro atoms. The summed E-state index contributed by atoms with van der Waals surface area (Å²) in [5.41, 5.74) is 2.48. The van der Waals surface area contributed by atoms with Crippen molar-refractivity contribution in [3.63, 3.8) is 0 Å². The van der Waals surface area contributed by atoms with Crippen LogP contribution in [0.1, 0.15) is 18.4 Å². The summed E-state index contributed by atoms with van der Waals surface area (Å²) < 4.78 is 10.7. The Bertz CT molecular complexity index is 637. The predicted octanol–water partition coefficient (Wildman–Crippen LogP) is 3.78. The zero-order valence-electron chi connectivity index (χ0n) is 14.5. The third kappa shape index (κ3) is 4.20. The van der Waals surface area contributed by atoms with Crippen LogP contribution in [0.15, 0.2) is 48.5 Å². The molecular formula is C20H26N2O2. The summed E-state index contributed by atoms with van der Waals surface area (Å²) in [6, 6.07) is 17.2. The van der Waals surface area contributed by atoms with Gasteiger partial charge < -0.3 is 14.8 Å². The van der Waals surface area contributed by atoms with E-state index in [-0.39, 0.29) is 0 Å². The van der Waals surface area contributed by atoms with E-state index in [9.17, 15) is 0 Å². The maximum atomic E-state index is 5.38. The highest BCUT2D eigenvalue weighted by atomic mass is 16.5. The van der Waals surface area contributed by atoms with E-state index in [1.165, 1.54) is 5.56 Å². The van der Waals surface area contributed by atoms with Gasteiger partial charge in [-0.1, -0.05) is 30.3 Å². The minimum Gasteiger partial charge on any atom is -0.493 e. The van der Waals surface area contributed by atoms with Crippen LogP contribution in [0.2, 0.25) is 0 Å². The van der Waals surface area contributed by atoms with Gasteiger partial charge in [0.15, 0.2) is 11.5 Å². The quantitative estimate of drug-likeness (QED) is 0.876. The van der Waals surface area contributed by atoms with E-state index < -0.39 is 0 Å². The summed E-state index contributed by atoms with van der Waals surface area (Å²) >= 11 is 0. The molecule has 1 saturated heterocycles. The Morgan fingerprint density at radius 3 is 2.33 bits per heavy atom. The van der Waals surface area contributed by atoms with Gasteiger partial charge in [0.05, 0.1) is 14.2 Å². The Kier molecular flexibility index (Phi) is 5.59. The molecule has 0 unspecified atom stereocenters. The summed E-state index contributed by atoms with van der Waals surface area (Å²) in [6.07, 6.45) is 2.31. The Morgan fingerprint density at radius 1 is 0.958 bits per heavy atom. The monoisotopic (exact) mass is 326 g/mol. The van der Waals surface area contributed by atoms with Gasteiger partial charge in [0.2, 0.25) is 0 Å². The normalized spacial score (nSPS) is 15.9. The number of benzene rings is 2. The number of likely N-dealkylation sites (tertiary alicyclic amines) is 1. The van der Waals surface area contributed by atoms with Gasteiger partial charge in [-0.05, 0) is 30.5 Å². The molecule has 0 atom stereocenters. The lowest BCUT2D eigenvalue weighted by Crippen LogP contribution is -2.38. The number of nitrogens with one attached hydrogen (secondary N) is 1. The molecule has 1 N–H and O–H groups in total. The number of hydrogen-bond donors (Lipinski definition) is 1. The number of rotatable bonds is 6. The molecule has 24 heavy (non-hydrogen) atoms. The van der Waals surface area contributed by atoms with Crippen LogP contribution in [-0.2, 0) is 6.54 Å². The largest absolute Gasteiger partial charge is 0.493 e. The summed E-state index contributed by atoms with van der Waals surface area (Å²) in [4.78, 5) is 2.53. The van der Waals surface area contributed by atoms with Crippen molar-refractivity contribution < 1.29 is 9.47 Å². The van der Waals surface area contributed by atoms with Crippen LogP contribution in [-0.4, -0.2) is 38.3 Å². The summed E-state index contributed by atoms with van der Waals surface area (Å²) in [5, 5.41) is 3.63. The summed E-state index contributed by atoms with van der Waals surface area (Å²) in [7, 11) is 3.33. The number of nitrogens with zero attached hydrogens (tertiary/aromatic N) is 1. The maximum absolute atomic E-state index is 5.38. The molecule has 2 aromatic rings. The number of ether oxygens (including phenoxy) is 2. The van der Waals surface area contributed by atoms with Gasteiger partial charge in [-0.3, -0.25) is 4.90 Å². The van der Waals surface area contributed by atoms with Gasteiger partial charge in [-0.15, -0.1) is 0 Å². The van der Waals surface area contributed by atoms with E-state index in [0.29, 0.717) is 6.04 Å². The highest BCUT2D eigenvalue weighted by Crippen LogP contribution is 2.30. The van der Waals surface area contributed by atoms with Gasteiger partial charge in [0.1, 0.15) is 0 Å². The number of piperidine rings is 1. The maximum Gasteiger partial charge on any atom is 0.162 e.